The van der Waals surface area contributed by atoms with E-state index in [-0.39, 0.29) is 0 Å². The third kappa shape index (κ3) is 0.743. The molecule has 2 rings (SSSR count). The molecule has 0 radical (unpaired) electrons. The highest BCUT2D eigenvalue weighted by Gasteiger charge is 1.95. The number of hydrogen-bond acceptors (Lipinski definition) is 1. The standard InChI is InChI=1S/C7H5BrN2/c8-6-1-3-10-4-2-9-5-7(6)10/h1-5H. The number of nitrogens with zero attached hydrogens (tertiary/aromatic N) is 2. The van der Waals surface area contributed by atoms with Crippen molar-refractivity contribution >= 4 is 21.4 Å². The van der Waals surface area contributed by atoms with E-state index in [0.29, 0.717) is 0 Å². The van der Waals surface area contributed by atoms with Crippen molar-refractivity contribution < 1.29 is 0 Å². The molecule has 2 nitrogen and oxygen atoms in total. The Balaban J connectivity index is 2.93. The first-order valence-corrected chi connectivity index (χ1v) is 3.73. The van der Waals surface area contributed by atoms with Crippen LogP contribution < -0.4 is 0 Å². The SMILES string of the molecule is Brc1ccn2ccncc12. The Labute approximate surface area is 66.6 Å². The van der Waals surface area contributed by atoms with Crippen LogP contribution in [0.1, 0.15) is 0 Å². The largest absolute Gasteiger partial charge is 0.320 e. The van der Waals surface area contributed by atoms with Gasteiger partial charge in [-0.25, -0.2) is 0 Å². The van der Waals surface area contributed by atoms with Gasteiger partial charge in [0, 0.05) is 23.1 Å². The molecule has 0 aromatic carbocycles. The van der Waals surface area contributed by atoms with Gasteiger partial charge >= 0.3 is 0 Å². The summed E-state index contributed by atoms with van der Waals surface area (Å²) in [7, 11) is 0. The summed E-state index contributed by atoms with van der Waals surface area (Å²) in [6, 6.07) is 2.00. The number of hydrogen-bond donors (Lipinski definition) is 0. The zero-order valence-corrected chi connectivity index (χ0v) is 6.75. The normalized spacial score (nSPS) is 10.5. The molecular formula is C7H5BrN2. The van der Waals surface area contributed by atoms with Crippen molar-refractivity contribution in [2.24, 2.45) is 0 Å². The van der Waals surface area contributed by atoms with Crippen LogP contribution in [0.4, 0.5) is 0 Å². The molecule has 0 N–H and O–H groups in total. The van der Waals surface area contributed by atoms with Gasteiger partial charge in [0.25, 0.3) is 0 Å². The molecule has 3 heteroatoms. The Morgan fingerprint density at radius 1 is 1.40 bits per heavy atom. The highest BCUT2D eigenvalue weighted by atomic mass is 79.9. The van der Waals surface area contributed by atoms with Crippen LogP contribution in [0, 0.1) is 0 Å². The van der Waals surface area contributed by atoms with Crippen LogP contribution in [0.25, 0.3) is 5.52 Å². The van der Waals surface area contributed by atoms with Crippen molar-refractivity contribution in [2.45, 2.75) is 0 Å². The lowest BCUT2D eigenvalue weighted by atomic mass is 10.5. The van der Waals surface area contributed by atoms with Crippen molar-refractivity contribution in [3.63, 3.8) is 0 Å². The van der Waals surface area contributed by atoms with E-state index in [1.54, 1.807) is 6.20 Å². The van der Waals surface area contributed by atoms with Crippen molar-refractivity contribution in [2.75, 3.05) is 0 Å². The molecule has 10 heavy (non-hydrogen) atoms. The van der Waals surface area contributed by atoms with Crippen LogP contribution in [0.2, 0.25) is 0 Å². The Morgan fingerprint density at radius 3 is 3.10 bits per heavy atom. The Morgan fingerprint density at radius 2 is 2.30 bits per heavy atom. The van der Waals surface area contributed by atoms with E-state index >= 15 is 0 Å². The molecule has 0 amide bonds. The van der Waals surface area contributed by atoms with Gasteiger partial charge in [0.15, 0.2) is 0 Å². The molecule has 0 saturated carbocycles. The molecule has 2 aromatic rings. The van der Waals surface area contributed by atoms with Crippen LogP contribution in [0.3, 0.4) is 0 Å². The summed E-state index contributed by atoms with van der Waals surface area (Å²) in [5, 5.41) is 0. The van der Waals surface area contributed by atoms with Crippen LogP contribution >= 0.6 is 15.9 Å². The second kappa shape index (κ2) is 2.09. The molecule has 0 aliphatic heterocycles. The monoisotopic (exact) mass is 196 g/mol. The number of aromatic nitrogens is 2. The maximum atomic E-state index is 4.00. The lowest BCUT2D eigenvalue weighted by Crippen LogP contribution is -1.80. The second-order valence-electron chi connectivity index (χ2n) is 2.03. The predicted molar refractivity (Wildman–Crippen MR) is 42.9 cm³/mol. The van der Waals surface area contributed by atoms with Gasteiger partial charge in [0.05, 0.1) is 11.7 Å². The Kier molecular flexibility index (Phi) is 1.24. The fourth-order valence-corrected chi connectivity index (χ4v) is 1.34. The van der Waals surface area contributed by atoms with Gasteiger partial charge in [0.2, 0.25) is 0 Å². The minimum absolute atomic E-state index is 1.08. The topological polar surface area (TPSA) is 17.3 Å². The molecule has 0 aliphatic carbocycles. The summed E-state index contributed by atoms with van der Waals surface area (Å²) in [5.41, 5.74) is 1.10. The van der Waals surface area contributed by atoms with E-state index in [9.17, 15) is 0 Å². The minimum atomic E-state index is 1.08. The van der Waals surface area contributed by atoms with E-state index in [1.807, 2.05) is 29.1 Å². The average molecular weight is 197 g/mol. The number of halogens is 1. The fourth-order valence-electron chi connectivity index (χ4n) is 0.917. The van der Waals surface area contributed by atoms with Crippen molar-refractivity contribution in [1.29, 1.82) is 0 Å². The van der Waals surface area contributed by atoms with Crippen LogP contribution in [-0.2, 0) is 0 Å². The summed E-state index contributed by atoms with van der Waals surface area (Å²) in [5.74, 6) is 0. The van der Waals surface area contributed by atoms with Gasteiger partial charge in [-0.15, -0.1) is 0 Å². The second-order valence-corrected chi connectivity index (χ2v) is 2.89. The number of fused-ring (bicyclic) bond motifs is 1. The Bertz CT molecular complexity index is 353. The molecule has 0 spiro atoms. The molecule has 2 aromatic heterocycles. The van der Waals surface area contributed by atoms with Crippen LogP contribution in [0.5, 0.6) is 0 Å². The molecule has 0 saturated heterocycles. The molecule has 2 heterocycles. The first-order valence-electron chi connectivity index (χ1n) is 2.94. The van der Waals surface area contributed by atoms with Crippen LogP contribution in [0.15, 0.2) is 35.3 Å². The first kappa shape index (κ1) is 5.92. The van der Waals surface area contributed by atoms with E-state index in [0.717, 1.165) is 9.99 Å². The highest BCUT2D eigenvalue weighted by Crippen LogP contribution is 2.16. The third-order valence-corrected chi connectivity index (χ3v) is 2.09. The molecule has 0 atom stereocenters. The maximum absolute atomic E-state index is 4.00. The predicted octanol–water partition coefficient (Wildman–Crippen LogP) is 2.10. The average Bonchev–Trinajstić information content (AvgIpc) is 2.34. The maximum Gasteiger partial charge on any atom is 0.0778 e. The van der Waals surface area contributed by atoms with E-state index in [4.69, 9.17) is 0 Å². The van der Waals surface area contributed by atoms with Gasteiger partial charge in [-0.05, 0) is 22.0 Å². The first-order chi connectivity index (χ1) is 4.88. The highest BCUT2D eigenvalue weighted by molar-refractivity contribution is 9.10. The summed E-state index contributed by atoms with van der Waals surface area (Å²) < 4.78 is 3.09. The quantitative estimate of drug-likeness (QED) is 0.632. The minimum Gasteiger partial charge on any atom is -0.320 e. The molecule has 0 bridgehead atoms. The summed E-state index contributed by atoms with van der Waals surface area (Å²) in [6.45, 7) is 0. The van der Waals surface area contributed by atoms with Gasteiger partial charge in [-0.1, -0.05) is 0 Å². The van der Waals surface area contributed by atoms with E-state index in [2.05, 4.69) is 20.9 Å². The number of rotatable bonds is 0. The van der Waals surface area contributed by atoms with Gasteiger partial charge in [-0.3, -0.25) is 4.98 Å². The van der Waals surface area contributed by atoms with Crippen molar-refractivity contribution in [1.82, 2.24) is 9.38 Å². The van der Waals surface area contributed by atoms with Crippen molar-refractivity contribution in [3.8, 4) is 0 Å². The van der Waals surface area contributed by atoms with E-state index in [1.165, 1.54) is 0 Å². The lowest BCUT2D eigenvalue weighted by molar-refractivity contribution is 1.14. The van der Waals surface area contributed by atoms with Crippen molar-refractivity contribution in [3.05, 3.63) is 35.3 Å². The Hall–Kier alpha value is -0.830. The van der Waals surface area contributed by atoms with Crippen LogP contribution in [-0.4, -0.2) is 9.38 Å². The third-order valence-electron chi connectivity index (χ3n) is 1.41. The summed E-state index contributed by atoms with van der Waals surface area (Å²) >= 11 is 3.41. The van der Waals surface area contributed by atoms with Gasteiger partial charge in [0.1, 0.15) is 0 Å². The van der Waals surface area contributed by atoms with E-state index < -0.39 is 0 Å². The smallest absolute Gasteiger partial charge is 0.0778 e. The molecule has 50 valence electrons. The van der Waals surface area contributed by atoms with Gasteiger partial charge in [-0.2, -0.15) is 0 Å². The summed E-state index contributed by atoms with van der Waals surface area (Å²) in [4.78, 5) is 4.00. The molecular weight excluding hydrogens is 192 g/mol. The molecule has 0 aliphatic rings. The lowest BCUT2D eigenvalue weighted by Gasteiger charge is -1.90. The molecule has 0 fully saturated rings. The zero-order valence-electron chi connectivity index (χ0n) is 5.16. The summed E-state index contributed by atoms with van der Waals surface area (Å²) in [6.07, 6.45) is 7.49. The molecule has 0 unspecified atom stereocenters. The van der Waals surface area contributed by atoms with Gasteiger partial charge < -0.3 is 4.40 Å². The fraction of sp³-hybridized carbons (Fsp3) is 0. The zero-order chi connectivity index (χ0) is 6.97.